The predicted octanol–water partition coefficient (Wildman–Crippen LogP) is 5.13. The second-order valence-corrected chi connectivity index (χ2v) is 7.64. The number of halogens is 5. The fourth-order valence-corrected chi connectivity index (χ4v) is 3.29. The van der Waals surface area contributed by atoms with Crippen molar-refractivity contribution in [2.45, 2.75) is 29.2 Å². The molecule has 1 aromatic rings. The summed E-state index contributed by atoms with van der Waals surface area (Å²) in [6, 6.07) is 5.74. The number of carbonyl (C=O) groups excluding carboxylic acids is 1. The molecule has 7 heteroatoms. The molecule has 2 nitrogen and oxygen atoms in total. The molecule has 0 aliphatic carbocycles. The van der Waals surface area contributed by atoms with Crippen LogP contribution < -0.4 is 0 Å². The molecule has 1 unspecified atom stereocenters. The monoisotopic (exact) mass is 404 g/mol. The van der Waals surface area contributed by atoms with Gasteiger partial charge in [-0.25, -0.2) is 4.39 Å². The van der Waals surface area contributed by atoms with E-state index < -0.39 is 21.2 Å². The Balaban J connectivity index is 3.31. The molecule has 0 aliphatic heterocycles. The fraction of sp³-hybridized carbons (Fsp3) is 0.462. The molecule has 0 spiro atoms. The van der Waals surface area contributed by atoms with E-state index >= 15 is 0 Å². The molecule has 0 amide bonds. The van der Waals surface area contributed by atoms with Crippen LogP contribution in [-0.2, 0) is 15.1 Å². The summed E-state index contributed by atoms with van der Waals surface area (Å²) in [5.74, 6) is -0.970. The van der Waals surface area contributed by atoms with Crippen LogP contribution >= 0.6 is 50.7 Å². The van der Waals surface area contributed by atoms with Crippen LogP contribution in [0.1, 0.15) is 25.3 Å². The Labute approximate surface area is 140 Å². The topological polar surface area (TPSA) is 26.3 Å². The lowest BCUT2D eigenvalue weighted by atomic mass is 9.88. The molecule has 0 heterocycles. The van der Waals surface area contributed by atoms with E-state index in [1.54, 1.807) is 6.07 Å². The van der Waals surface area contributed by atoms with Gasteiger partial charge in [-0.1, -0.05) is 62.9 Å². The lowest BCUT2D eigenvalue weighted by Gasteiger charge is -2.35. The molecule has 0 saturated carbocycles. The Morgan fingerprint density at radius 3 is 2.50 bits per heavy atom. The molecule has 0 aromatic heterocycles. The molecule has 0 aliphatic rings. The molecular weight excluding hydrogens is 393 g/mol. The minimum Gasteiger partial charge on any atom is -0.454 e. The highest BCUT2D eigenvalue weighted by molar-refractivity contribution is 9.09. The second kappa shape index (κ2) is 7.30. The molecule has 1 aromatic carbocycles. The Bertz CT molecular complexity index is 479. The molecular formula is C13H13BrCl3FO2. The number of hydrogen-bond donors (Lipinski definition) is 0. The van der Waals surface area contributed by atoms with Crippen LogP contribution in [0.15, 0.2) is 24.3 Å². The average molecular weight is 407 g/mol. The van der Waals surface area contributed by atoms with Crippen LogP contribution in [0.5, 0.6) is 0 Å². The van der Waals surface area contributed by atoms with E-state index in [0.717, 1.165) is 0 Å². The standard InChI is InChI=1S/C13H13BrCl3FO2/c1-9(19)20-12(5-6-14,8-13(15,16)17)10-3-2-4-11(18)7-10/h2-4,7H,5-6,8H2,1H3. The summed E-state index contributed by atoms with van der Waals surface area (Å²) in [5, 5.41) is 0.498. The number of esters is 1. The van der Waals surface area contributed by atoms with Gasteiger partial charge in [-0.2, -0.15) is 0 Å². The summed E-state index contributed by atoms with van der Waals surface area (Å²) in [6.07, 6.45) is 0.281. The van der Waals surface area contributed by atoms with Crippen molar-refractivity contribution in [1.29, 1.82) is 0 Å². The summed E-state index contributed by atoms with van der Waals surface area (Å²) in [5.41, 5.74) is -0.735. The van der Waals surface area contributed by atoms with Gasteiger partial charge in [0, 0.05) is 25.1 Å². The molecule has 0 radical (unpaired) electrons. The Kier molecular flexibility index (Phi) is 6.58. The number of alkyl halides is 4. The number of rotatable bonds is 5. The summed E-state index contributed by atoms with van der Waals surface area (Å²) < 4.78 is 17.2. The van der Waals surface area contributed by atoms with Gasteiger partial charge in [0.1, 0.15) is 11.4 Å². The average Bonchev–Trinajstić information content (AvgIpc) is 2.25. The summed E-state index contributed by atoms with van der Waals surface area (Å²) >= 11 is 20.9. The van der Waals surface area contributed by atoms with Gasteiger partial charge < -0.3 is 4.74 Å². The Hall–Kier alpha value is -0.0300. The van der Waals surface area contributed by atoms with Gasteiger partial charge in [0.15, 0.2) is 3.79 Å². The van der Waals surface area contributed by atoms with E-state index in [0.29, 0.717) is 17.3 Å². The molecule has 1 rings (SSSR count). The molecule has 0 saturated heterocycles. The molecule has 20 heavy (non-hydrogen) atoms. The number of hydrogen-bond acceptors (Lipinski definition) is 2. The molecule has 1 atom stereocenters. The maximum absolute atomic E-state index is 13.5. The van der Waals surface area contributed by atoms with E-state index in [9.17, 15) is 9.18 Å². The zero-order valence-corrected chi connectivity index (χ0v) is 14.5. The third-order valence-corrected chi connectivity index (χ3v) is 3.47. The lowest BCUT2D eigenvalue weighted by molar-refractivity contribution is -0.159. The maximum atomic E-state index is 13.5. The van der Waals surface area contributed by atoms with Gasteiger partial charge in [-0.05, 0) is 17.7 Å². The van der Waals surface area contributed by atoms with Crippen LogP contribution in [0.25, 0.3) is 0 Å². The third-order valence-electron chi connectivity index (χ3n) is 2.67. The fourth-order valence-electron chi connectivity index (χ4n) is 2.00. The van der Waals surface area contributed by atoms with Crippen molar-refractivity contribution in [3.63, 3.8) is 0 Å². The number of benzene rings is 1. The van der Waals surface area contributed by atoms with Gasteiger partial charge in [-0.15, -0.1) is 0 Å². The van der Waals surface area contributed by atoms with E-state index in [4.69, 9.17) is 39.5 Å². The zero-order chi connectivity index (χ0) is 15.4. The number of carbonyl (C=O) groups is 1. The maximum Gasteiger partial charge on any atom is 0.303 e. The largest absolute Gasteiger partial charge is 0.454 e. The van der Waals surface area contributed by atoms with E-state index in [-0.39, 0.29) is 6.42 Å². The quantitative estimate of drug-likeness (QED) is 0.501. The van der Waals surface area contributed by atoms with Crippen LogP contribution in [0.3, 0.4) is 0 Å². The molecule has 0 bridgehead atoms. The predicted molar refractivity (Wildman–Crippen MR) is 83.2 cm³/mol. The van der Waals surface area contributed by atoms with Crippen molar-refractivity contribution >= 4 is 56.7 Å². The van der Waals surface area contributed by atoms with Crippen molar-refractivity contribution in [2.24, 2.45) is 0 Å². The summed E-state index contributed by atoms with van der Waals surface area (Å²) in [6.45, 7) is 1.26. The first-order valence-electron chi connectivity index (χ1n) is 5.77. The Morgan fingerprint density at radius 1 is 1.40 bits per heavy atom. The first-order chi connectivity index (χ1) is 9.18. The van der Waals surface area contributed by atoms with Crippen LogP contribution in [0, 0.1) is 5.82 Å². The highest BCUT2D eigenvalue weighted by atomic mass is 79.9. The van der Waals surface area contributed by atoms with E-state index in [2.05, 4.69) is 15.9 Å². The number of ether oxygens (including phenoxy) is 1. The minimum atomic E-state index is -1.63. The first kappa shape index (κ1) is 18.0. The normalized spacial score (nSPS) is 14.7. The van der Waals surface area contributed by atoms with Crippen LogP contribution in [0.2, 0.25) is 0 Å². The SMILES string of the molecule is CC(=O)OC(CCBr)(CC(Cl)(Cl)Cl)c1cccc(F)c1. The van der Waals surface area contributed by atoms with Gasteiger partial charge >= 0.3 is 5.97 Å². The molecule has 0 N–H and O–H groups in total. The van der Waals surface area contributed by atoms with Gasteiger partial charge in [0.05, 0.1) is 0 Å². The van der Waals surface area contributed by atoms with E-state index in [1.165, 1.54) is 25.1 Å². The summed E-state index contributed by atoms with van der Waals surface area (Å²) in [7, 11) is 0. The van der Waals surface area contributed by atoms with Gasteiger partial charge in [0.25, 0.3) is 0 Å². The molecule has 0 fully saturated rings. The van der Waals surface area contributed by atoms with Crippen molar-refractivity contribution in [3.8, 4) is 0 Å². The summed E-state index contributed by atoms with van der Waals surface area (Å²) in [4.78, 5) is 11.4. The zero-order valence-electron chi connectivity index (χ0n) is 10.6. The van der Waals surface area contributed by atoms with Crippen molar-refractivity contribution in [3.05, 3.63) is 35.6 Å². The smallest absolute Gasteiger partial charge is 0.303 e. The minimum absolute atomic E-state index is 0.0701. The van der Waals surface area contributed by atoms with Gasteiger partial charge in [-0.3, -0.25) is 4.79 Å². The first-order valence-corrected chi connectivity index (χ1v) is 8.02. The van der Waals surface area contributed by atoms with Crippen LogP contribution in [0.4, 0.5) is 4.39 Å². The van der Waals surface area contributed by atoms with Crippen molar-refractivity contribution < 1.29 is 13.9 Å². The highest BCUT2D eigenvalue weighted by Crippen LogP contribution is 2.44. The third kappa shape index (κ3) is 5.40. The second-order valence-electron chi connectivity index (χ2n) is 4.33. The van der Waals surface area contributed by atoms with Crippen LogP contribution in [-0.4, -0.2) is 15.1 Å². The van der Waals surface area contributed by atoms with E-state index in [1.807, 2.05) is 0 Å². The Morgan fingerprint density at radius 2 is 2.05 bits per heavy atom. The van der Waals surface area contributed by atoms with Gasteiger partial charge in [0.2, 0.25) is 0 Å². The van der Waals surface area contributed by atoms with Crippen molar-refractivity contribution in [2.75, 3.05) is 5.33 Å². The highest BCUT2D eigenvalue weighted by Gasteiger charge is 2.42. The van der Waals surface area contributed by atoms with Crippen molar-refractivity contribution in [1.82, 2.24) is 0 Å². The lowest BCUT2D eigenvalue weighted by Crippen LogP contribution is -2.36. The molecule has 112 valence electrons.